The van der Waals surface area contributed by atoms with Gasteiger partial charge in [0.05, 0.1) is 21.5 Å². The van der Waals surface area contributed by atoms with Crippen molar-refractivity contribution in [1.82, 2.24) is 19.9 Å². The van der Waals surface area contributed by atoms with Crippen LogP contribution in [0.3, 0.4) is 0 Å². The van der Waals surface area contributed by atoms with Crippen LogP contribution in [0.4, 0.5) is 33.5 Å². The van der Waals surface area contributed by atoms with Crippen molar-refractivity contribution in [2.75, 3.05) is 30.7 Å². The highest BCUT2D eigenvalue weighted by Gasteiger charge is 2.57. The molecule has 40 heavy (non-hydrogen) atoms. The van der Waals surface area contributed by atoms with Gasteiger partial charge in [-0.25, -0.2) is 8.78 Å². The van der Waals surface area contributed by atoms with E-state index < -0.39 is 45.5 Å². The Bertz CT molecular complexity index is 1520. The number of benzene rings is 1. The number of nitrogens with two attached hydrogens (primary N) is 1. The number of nitrogens with one attached hydrogen (secondary N) is 1. The maximum atomic E-state index is 16.1. The number of alkyl halides is 4. The number of nitrogens with zero attached hydrogens (tertiary/aromatic N) is 4. The highest BCUT2D eigenvalue weighted by molar-refractivity contribution is 6.32. The van der Waals surface area contributed by atoms with Gasteiger partial charge in [-0.2, -0.15) is 23.1 Å². The summed E-state index contributed by atoms with van der Waals surface area (Å²) < 4.78 is 78.3. The molecule has 2 atom stereocenters. The van der Waals surface area contributed by atoms with Gasteiger partial charge < -0.3 is 15.8 Å². The molecule has 212 valence electrons. The van der Waals surface area contributed by atoms with E-state index >= 15 is 4.39 Å². The van der Waals surface area contributed by atoms with E-state index in [1.54, 1.807) is 0 Å². The van der Waals surface area contributed by atoms with Gasteiger partial charge in [-0.05, 0) is 56.7 Å². The highest BCUT2D eigenvalue weighted by atomic mass is 35.5. The second-order valence-corrected chi connectivity index (χ2v) is 12.1. The number of hydrogen-bond acceptors (Lipinski definition) is 7. The van der Waals surface area contributed by atoms with E-state index in [-0.39, 0.29) is 34.7 Å². The fourth-order valence-corrected chi connectivity index (χ4v) is 7.35. The molecule has 5 fully saturated rings. The van der Waals surface area contributed by atoms with Crippen molar-refractivity contribution >= 4 is 34.0 Å². The quantitative estimate of drug-likeness (QED) is 0.273. The van der Waals surface area contributed by atoms with Crippen LogP contribution >= 0.6 is 11.6 Å². The third-order valence-corrected chi connectivity index (χ3v) is 9.27. The topological polar surface area (TPSA) is 89.2 Å². The summed E-state index contributed by atoms with van der Waals surface area (Å²) in [6.45, 7) is 1.23. The van der Waals surface area contributed by atoms with Crippen LogP contribution in [-0.4, -0.2) is 56.8 Å². The molecule has 0 spiro atoms. The summed E-state index contributed by atoms with van der Waals surface area (Å²) in [6, 6.07) is 1.82. The second-order valence-electron chi connectivity index (χ2n) is 11.7. The number of nitrogen functional groups attached to an aromatic ring is 1. The molecule has 2 saturated heterocycles. The van der Waals surface area contributed by atoms with Crippen molar-refractivity contribution in [1.29, 1.82) is 0 Å². The lowest BCUT2D eigenvalue weighted by molar-refractivity contribution is -0.137. The molecular formula is C27H26ClF5N6O. The van der Waals surface area contributed by atoms with E-state index in [2.05, 4.69) is 25.2 Å². The molecular weight excluding hydrogens is 555 g/mol. The van der Waals surface area contributed by atoms with E-state index in [0.717, 1.165) is 50.8 Å². The standard InChI is InChI=1S/C27H26ClF5N6O/c28-18-5-15(34)4-16(19(18)27(31,32)33)21-20(30)22-17(10-35-21)23(38-25-6-13(7-25)8-25)37-24(36-22)40-12-26-2-1-3-39(26)11-14(29)9-26/h4-5,10,13-14H,1-3,6-9,11-12,34H2,(H,36,37,38)/t13?,14-,25?,26+/m1/s1. The van der Waals surface area contributed by atoms with Crippen LogP contribution in [0.15, 0.2) is 18.3 Å². The van der Waals surface area contributed by atoms with E-state index in [4.69, 9.17) is 22.1 Å². The molecule has 2 bridgehead atoms. The molecule has 3 saturated carbocycles. The van der Waals surface area contributed by atoms with Gasteiger partial charge >= 0.3 is 12.2 Å². The molecule has 1 aromatic carbocycles. The summed E-state index contributed by atoms with van der Waals surface area (Å²) >= 11 is 5.91. The van der Waals surface area contributed by atoms with Crippen molar-refractivity contribution in [3.05, 3.63) is 34.7 Å². The zero-order valence-corrected chi connectivity index (χ0v) is 22.0. The Morgan fingerprint density at radius 1 is 1.18 bits per heavy atom. The lowest BCUT2D eigenvalue weighted by Crippen LogP contribution is -2.63. The monoisotopic (exact) mass is 580 g/mol. The van der Waals surface area contributed by atoms with E-state index in [9.17, 15) is 17.6 Å². The summed E-state index contributed by atoms with van der Waals surface area (Å²) in [5.41, 5.74) is 2.40. The van der Waals surface area contributed by atoms with Crippen molar-refractivity contribution in [3.63, 3.8) is 0 Å². The van der Waals surface area contributed by atoms with Crippen molar-refractivity contribution < 1.29 is 26.7 Å². The van der Waals surface area contributed by atoms with Gasteiger partial charge in [0, 0.05) is 36.0 Å². The van der Waals surface area contributed by atoms with E-state index in [0.29, 0.717) is 24.7 Å². The third-order valence-electron chi connectivity index (χ3n) is 8.97. The van der Waals surface area contributed by atoms with Gasteiger partial charge in [0.1, 0.15) is 29.8 Å². The lowest BCUT2D eigenvalue weighted by atomic mass is 9.50. The minimum Gasteiger partial charge on any atom is -0.461 e. The van der Waals surface area contributed by atoms with Gasteiger partial charge in [0.15, 0.2) is 5.82 Å². The number of hydrogen-bond donors (Lipinski definition) is 2. The first-order chi connectivity index (χ1) is 19.0. The largest absolute Gasteiger partial charge is 0.461 e. The smallest absolute Gasteiger partial charge is 0.418 e. The summed E-state index contributed by atoms with van der Waals surface area (Å²) in [5.74, 6) is -0.133. The van der Waals surface area contributed by atoms with Crippen LogP contribution < -0.4 is 15.8 Å². The molecule has 3 N–H and O–H groups in total. The number of rotatable bonds is 6. The fourth-order valence-electron chi connectivity index (χ4n) is 7.02. The van der Waals surface area contributed by atoms with Gasteiger partial charge in [-0.3, -0.25) is 9.88 Å². The van der Waals surface area contributed by atoms with Crippen molar-refractivity contribution in [2.24, 2.45) is 5.92 Å². The average Bonchev–Trinajstić information content (AvgIpc) is 3.34. The number of ether oxygens (including phenoxy) is 1. The molecule has 0 radical (unpaired) electrons. The van der Waals surface area contributed by atoms with Crippen LogP contribution in [0.1, 0.15) is 44.1 Å². The second kappa shape index (κ2) is 8.75. The molecule has 4 heterocycles. The van der Waals surface area contributed by atoms with Crippen LogP contribution in [0.25, 0.3) is 22.2 Å². The molecule has 8 rings (SSSR count). The highest BCUT2D eigenvalue weighted by Crippen LogP contribution is 2.59. The average molecular weight is 581 g/mol. The number of halogens is 6. The molecule has 2 aliphatic heterocycles. The van der Waals surface area contributed by atoms with Gasteiger partial charge in [0.25, 0.3) is 0 Å². The predicted octanol–water partition coefficient (Wildman–Crippen LogP) is 6.00. The Hall–Kier alpha value is -2.99. The number of fused-ring (bicyclic) bond motifs is 2. The maximum Gasteiger partial charge on any atom is 0.418 e. The number of aromatic nitrogens is 3. The normalized spacial score (nSPS) is 29.2. The number of pyridine rings is 1. The molecule has 7 nitrogen and oxygen atoms in total. The zero-order chi connectivity index (χ0) is 28.0. The lowest BCUT2D eigenvalue weighted by Gasteiger charge is -2.62. The predicted molar refractivity (Wildman–Crippen MR) is 139 cm³/mol. The first kappa shape index (κ1) is 25.9. The van der Waals surface area contributed by atoms with Crippen LogP contribution in [0.5, 0.6) is 6.01 Å². The van der Waals surface area contributed by atoms with Crippen LogP contribution in [-0.2, 0) is 6.18 Å². The van der Waals surface area contributed by atoms with Crippen LogP contribution in [0, 0.1) is 11.7 Å². The Kier molecular flexibility index (Phi) is 5.68. The third kappa shape index (κ3) is 4.05. The summed E-state index contributed by atoms with van der Waals surface area (Å²) in [7, 11) is 0. The van der Waals surface area contributed by atoms with Crippen molar-refractivity contribution in [3.8, 4) is 17.3 Å². The van der Waals surface area contributed by atoms with E-state index in [1.807, 2.05) is 0 Å². The summed E-state index contributed by atoms with van der Waals surface area (Å²) in [5, 5.41) is 2.95. The molecule has 3 aromatic rings. The Morgan fingerprint density at radius 2 is 1.95 bits per heavy atom. The fraction of sp³-hybridized carbons (Fsp3) is 0.519. The Balaban J connectivity index is 1.32. The zero-order valence-electron chi connectivity index (χ0n) is 21.3. The molecule has 5 aliphatic rings. The first-order valence-corrected chi connectivity index (χ1v) is 13.7. The van der Waals surface area contributed by atoms with E-state index in [1.165, 1.54) is 6.20 Å². The Morgan fingerprint density at radius 3 is 2.65 bits per heavy atom. The molecule has 13 heteroatoms. The maximum absolute atomic E-state index is 16.1. The minimum absolute atomic E-state index is 0.0740. The van der Waals surface area contributed by atoms with Gasteiger partial charge in [0.2, 0.25) is 0 Å². The van der Waals surface area contributed by atoms with Gasteiger partial charge in [-0.15, -0.1) is 0 Å². The molecule has 2 aromatic heterocycles. The summed E-state index contributed by atoms with van der Waals surface area (Å²) in [4.78, 5) is 15.0. The summed E-state index contributed by atoms with van der Waals surface area (Å²) in [6.07, 6.45) is 0.276. The van der Waals surface area contributed by atoms with Crippen molar-refractivity contribution in [2.45, 2.75) is 62.0 Å². The first-order valence-electron chi connectivity index (χ1n) is 13.3. The number of anilines is 2. The molecule has 3 aliphatic carbocycles. The molecule has 0 amide bonds. The SMILES string of the molecule is Nc1cc(Cl)c(C(F)(F)F)c(-c2ncc3c(NC45CC(C4)C5)nc(OC[C@@]45CCCN4C[C@H](F)C5)nc3c2F)c1. The van der Waals surface area contributed by atoms with Gasteiger partial charge in [-0.1, -0.05) is 11.6 Å². The molecule has 0 unspecified atom stereocenters. The van der Waals surface area contributed by atoms with Crippen LogP contribution in [0.2, 0.25) is 5.02 Å². The Labute approximate surface area is 231 Å². The minimum atomic E-state index is -4.89.